The molecule has 1 N–H and O–H groups in total. The first-order chi connectivity index (χ1) is 14.7. The quantitative estimate of drug-likeness (QED) is 0.230. The van der Waals surface area contributed by atoms with Gasteiger partial charge in [0, 0.05) is 18.2 Å². The van der Waals surface area contributed by atoms with Crippen molar-refractivity contribution in [1.82, 2.24) is 5.32 Å². The number of ketones is 1. The highest BCUT2D eigenvalue weighted by molar-refractivity contribution is 8.05. The third-order valence-electron chi connectivity index (χ3n) is 4.88. The van der Waals surface area contributed by atoms with Crippen molar-refractivity contribution in [3.05, 3.63) is 88.7 Å². The summed E-state index contributed by atoms with van der Waals surface area (Å²) < 4.78 is 5.21. The van der Waals surface area contributed by atoms with Gasteiger partial charge in [0.2, 0.25) is 0 Å². The average molecular weight is 424 g/mol. The number of benzene rings is 1. The molecule has 160 valence electrons. The summed E-state index contributed by atoms with van der Waals surface area (Å²) in [6.07, 6.45) is 13.9. The minimum Gasteiger partial charge on any atom is -0.378 e. The van der Waals surface area contributed by atoms with Crippen LogP contribution in [0.4, 0.5) is 0 Å². The fourth-order valence-electron chi connectivity index (χ4n) is 2.98. The number of hydrogen-bond acceptors (Lipinski definition) is 4. The molecule has 1 saturated heterocycles. The molecule has 0 amide bonds. The van der Waals surface area contributed by atoms with Gasteiger partial charge in [0.05, 0.1) is 6.10 Å². The van der Waals surface area contributed by atoms with E-state index in [0.29, 0.717) is 17.6 Å². The lowest BCUT2D eigenvalue weighted by Gasteiger charge is -2.09. The summed E-state index contributed by atoms with van der Waals surface area (Å²) in [5.74, 6) is 0.0137. The molecule has 3 nitrogen and oxygen atoms in total. The van der Waals surface area contributed by atoms with Crippen LogP contribution in [-0.4, -0.2) is 32.1 Å². The zero-order valence-corrected chi connectivity index (χ0v) is 18.9. The molecule has 4 heteroatoms. The van der Waals surface area contributed by atoms with Crippen LogP contribution < -0.4 is 5.32 Å². The van der Waals surface area contributed by atoms with E-state index in [4.69, 9.17) is 4.74 Å². The van der Waals surface area contributed by atoms with Gasteiger partial charge in [-0.15, -0.1) is 18.3 Å². The summed E-state index contributed by atoms with van der Waals surface area (Å²) in [7, 11) is 1.65. The summed E-state index contributed by atoms with van der Waals surface area (Å²) in [5.41, 5.74) is 3.79. The zero-order valence-electron chi connectivity index (χ0n) is 18.1. The maximum atomic E-state index is 12.8. The maximum absolute atomic E-state index is 12.8. The Bertz CT molecular complexity index is 791. The van der Waals surface area contributed by atoms with E-state index in [2.05, 4.69) is 28.8 Å². The summed E-state index contributed by atoms with van der Waals surface area (Å²) in [6.45, 7) is 8.16. The Kier molecular flexibility index (Phi) is 11.2. The van der Waals surface area contributed by atoms with E-state index in [-0.39, 0.29) is 11.9 Å². The monoisotopic (exact) mass is 423 g/mol. The lowest BCUT2D eigenvalue weighted by atomic mass is 9.97. The normalized spacial score (nSPS) is 17.3. The van der Waals surface area contributed by atoms with E-state index in [1.165, 1.54) is 31.5 Å². The third-order valence-corrected chi connectivity index (χ3v) is 5.65. The Morgan fingerprint density at radius 2 is 2.00 bits per heavy atom. The van der Waals surface area contributed by atoms with E-state index in [0.717, 1.165) is 12.0 Å². The number of hydrogen-bond donors (Lipinski definition) is 1. The second-order valence-electron chi connectivity index (χ2n) is 7.20. The van der Waals surface area contributed by atoms with Crippen molar-refractivity contribution in [1.29, 1.82) is 0 Å². The molecule has 0 aliphatic carbocycles. The minimum absolute atomic E-state index is 0.0137. The van der Waals surface area contributed by atoms with Gasteiger partial charge in [0.25, 0.3) is 0 Å². The molecular formula is C26H33NO2S. The maximum Gasteiger partial charge on any atom is 0.192 e. The SMILES string of the molecule is C1CCNC1.C=CC/C=C(\C=C/C(C)OC)C(=O)c1ccc(C2=CSC=CC2)cc1. The Morgan fingerprint density at radius 3 is 2.53 bits per heavy atom. The van der Waals surface area contributed by atoms with Gasteiger partial charge in [0.15, 0.2) is 5.78 Å². The number of thioether (sulfide) groups is 1. The van der Waals surface area contributed by atoms with Crippen LogP contribution in [0.15, 0.2) is 77.6 Å². The van der Waals surface area contributed by atoms with Crippen LogP contribution in [0.25, 0.3) is 5.57 Å². The van der Waals surface area contributed by atoms with Crippen molar-refractivity contribution in [3.8, 4) is 0 Å². The minimum atomic E-state index is -0.0360. The van der Waals surface area contributed by atoms with Crippen LogP contribution >= 0.6 is 11.8 Å². The number of rotatable bonds is 8. The Morgan fingerprint density at radius 1 is 1.27 bits per heavy atom. The van der Waals surface area contributed by atoms with Crippen molar-refractivity contribution < 1.29 is 9.53 Å². The first kappa shape index (κ1) is 24.1. The molecule has 2 aliphatic rings. The number of carbonyl (C=O) groups excluding carboxylic acids is 1. The fourth-order valence-corrected chi connectivity index (χ4v) is 3.66. The molecule has 3 rings (SSSR count). The van der Waals surface area contributed by atoms with E-state index in [1.54, 1.807) is 24.9 Å². The number of allylic oxidation sites excluding steroid dienone is 6. The predicted octanol–water partition coefficient (Wildman–Crippen LogP) is 6.32. The molecule has 1 atom stereocenters. The number of nitrogens with one attached hydrogen (secondary N) is 1. The van der Waals surface area contributed by atoms with Crippen LogP contribution in [0.2, 0.25) is 0 Å². The van der Waals surface area contributed by atoms with Crippen molar-refractivity contribution in [3.63, 3.8) is 0 Å². The summed E-state index contributed by atoms with van der Waals surface area (Å²) in [6, 6.07) is 7.84. The molecule has 2 aliphatic heterocycles. The average Bonchev–Trinajstić information content (AvgIpc) is 3.39. The summed E-state index contributed by atoms with van der Waals surface area (Å²) >= 11 is 1.68. The van der Waals surface area contributed by atoms with Gasteiger partial charge in [-0.25, -0.2) is 0 Å². The second-order valence-corrected chi connectivity index (χ2v) is 7.98. The van der Waals surface area contributed by atoms with Gasteiger partial charge in [0.1, 0.15) is 0 Å². The Balaban J connectivity index is 0.000000558. The van der Waals surface area contributed by atoms with Gasteiger partial charge in [-0.05, 0) is 67.6 Å². The highest BCUT2D eigenvalue weighted by Crippen LogP contribution is 2.27. The van der Waals surface area contributed by atoms with E-state index >= 15 is 0 Å². The Labute approximate surface area is 185 Å². The smallest absolute Gasteiger partial charge is 0.192 e. The first-order valence-corrected chi connectivity index (χ1v) is 11.5. The molecule has 1 aromatic rings. The lowest BCUT2D eigenvalue weighted by molar-refractivity contribution is 0.103. The number of ether oxygens (including phenoxy) is 1. The summed E-state index contributed by atoms with van der Waals surface area (Å²) in [4.78, 5) is 12.8. The molecule has 30 heavy (non-hydrogen) atoms. The second kappa shape index (κ2) is 14.0. The molecule has 1 fully saturated rings. The van der Waals surface area contributed by atoms with Crippen LogP contribution in [-0.2, 0) is 4.74 Å². The van der Waals surface area contributed by atoms with E-state index in [1.807, 2.05) is 49.4 Å². The van der Waals surface area contributed by atoms with Crippen molar-refractivity contribution in [2.24, 2.45) is 0 Å². The highest BCUT2D eigenvalue weighted by Gasteiger charge is 2.11. The Hall–Kier alpha value is -2.14. The molecule has 0 saturated carbocycles. The van der Waals surface area contributed by atoms with Gasteiger partial charge >= 0.3 is 0 Å². The summed E-state index contributed by atoms with van der Waals surface area (Å²) in [5, 5.41) is 7.46. The van der Waals surface area contributed by atoms with Crippen LogP contribution in [0, 0.1) is 0 Å². The molecular weight excluding hydrogens is 390 g/mol. The lowest BCUT2D eigenvalue weighted by Crippen LogP contribution is -2.04. The molecule has 2 heterocycles. The number of methoxy groups -OCH3 is 1. The van der Waals surface area contributed by atoms with E-state index < -0.39 is 0 Å². The first-order valence-electron chi connectivity index (χ1n) is 10.5. The van der Waals surface area contributed by atoms with Crippen molar-refractivity contribution >= 4 is 23.1 Å². The van der Waals surface area contributed by atoms with Crippen molar-refractivity contribution in [2.45, 2.75) is 38.7 Å². The largest absolute Gasteiger partial charge is 0.378 e. The van der Waals surface area contributed by atoms with Gasteiger partial charge in [-0.2, -0.15) is 0 Å². The number of Topliss-reactive ketones (excluding diaryl/α,β-unsaturated/α-hetero) is 1. The van der Waals surface area contributed by atoms with Gasteiger partial charge in [-0.3, -0.25) is 4.79 Å². The molecule has 0 aromatic heterocycles. The zero-order chi connectivity index (χ0) is 21.6. The third kappa shape index (κ3) is 8.31. The van der Waals surface area contributed by atoms with Gasteiger partial charge in [-0.1, -0.05) is 54.6 Å². The standard InChI is InChI=1S/C22H24O2S.C4H9N/c1-4-5-7-19(10-9-17(2)24-3)22(23)20-13-11-18(12-14-20)21-8-6-15-25-16-21;1-2-4-5-3-1/h4,6-7,9-17H,1,5,8H2,2-3H3;5H,1-4H2/b10-9-,19-7+;. The van der Waals surface area contributed by atoms with Crippen molar-refractivity contribution in [2.75, 3.05) is 20.2 Å². The molecule has 1 aromatic carbocycles. The van der Waals surface area contributed by atoms with Crippen LogP contribution in [0.1, 0.15) is 48.5 Å². The molecule has 1 unspecified atom stereocenters. The number of carbonyl (C=O) groups is 1. The van der Waals surface area contributed by atoms with Crippen LogP contribution in [0.5, 0.6) is 0 Å². The molecule has 0 radical (unpaired) electrons. The van der Waals surface area contributed by atoms with Crippen LogP contribution in [0.3, 0.4) is 0 Å². The van der Waals surface area contributed by atoms with E-state index in [9.17, 15) is 4.79 Å². The molecule has 0 bridgehead atoms. The van der Waals surface area contributed by atoms with Gasteiger partial charge < -0.3 is 10.1 Å². The topological polar surface area (TPSA) is 38.3 Å². The predicted molar refractivity (Wildman–Crippen MR) is 131 cm³/mol. The highest BCUT2D eigenvalue weighted by atomic mass is 32.2. The molecule has 0 spiro atoms. The fraction of sp³-hybridized carbons (Fsp3) is 0.346.